The van der Waals surface area contributed by atoms with E-state index in [4.69, 9.17) is 25.9 Å². The number of halogens is 2. The minimum absolute atomic E-state index is 0.100. The van der Waals surface area contributed by atoms with E-state index in [2.05, 4.69) is 152 Å². The van der Waals surface area contributed by atoms with Crippen LogP contribution < -0.4 is 0 Å². The van der Waals surface area contributed by atoms with E-state index in [1.807, 2.05) is 0 Å². The van der Waals surface area contributed by atoms with Crippen molar-refractivity contribution in [1.82, 2.24) is 0 Å². The number of benzene rings is 4. The topological polar surface area (TPSA) is 26.3 Å². The van der Waals surface area contributed by atoms with Crippen LogP contribution in [0, 0.1) is 13.8 Å². The molecule has 4 aromatic carbocycles. The van der Waals surface area contributed by atoms with Gasteiger partial charge in [0.2, 0.25) is 0 Å². The molecule has 4 aliphatic carbocycles. The van der Waals surface area contributed by atoms with Gasteiger partial charge in [-0.3, -0.25) is 0 Å². The van der Waals surface area contributed by atoms with Crippen LogP contribution in [0.2, 0.25) is 12.1 Å². The molecule has 0 spiro atoms. The van der Waals surface area contributed by atoms with Crippen LogP contribution in [0.15, 0.2) is 93.8 Å². The van der Waals surface area contributed by atoms with E-state index in [0.29, 0.717) is 0 Å². The summed E-state index contributed by atoms with van der Waals surface area (Å²) in [4.78, 5) is 0. The van der Waals surface area contributed by atoms with E-state index in [-0.39, 0.29) is 22.7 Å². The summed E-state index contributed by atoms with van der Waals surface area (Å²) < 4.78 is 13.1. The fourth-order valence-corrected chi connectivity index (χ4v) is 26.4. The molecule has 2 atom stereocenters. The first-order chi connectivity index (χ1) is 29.6. The normalized spacial score (nSPS) is 18.4. The Hall–Kier alpha value is -3.40. The van der Waals surface area contributed by atoms with Crippen molar-refractivity contribution in [2.75, 3.05) is 0 Å². The van der Waals surface area contributed by atoms with Gasteiger partial charge in [-0.25, -0.2) is 0 Å². The van der Waals surface area contributed by atoms with E-state index in [0.717, 1.165) is 60.8 Å². The Balaban J connectivity index is 1.08. The van der Waals surface area contributed by atoms with Crippen molar-refractivity contribution in [3.8, 4) is 22.3 Å². The fourth-order valence-electron chi connectivity index (χ4n) is 11.3. The molecule has 4 aliphatic rings. The summed E-state index contributed by atoms with van der Waals surface area (Å²) in [6, 6.07) is 34.7. The summed E-state index contributed by atoms with van der Waals surface area (Å²) >= 11 is -2.81. The fraction of sp³-hybridized carbons (Fsp3) is 0.357. The molecule has 0 N–H and O–H groups in total. The van der Waals surface area contributed by atoms with E-state index < -0.39 is 24.4 Å². The molecule has 2 nitrogen and oxygen atoms in total. The van der Waals surface area contributed by atoms with Crippen LogP contribution in [-0.4, -0.2) is 5.92 Å². The zero-order chi connectivity index (χ0) is 43.2. The number of furan rings is 2. The van der Waals surface area contributed by atoms with Gasteiger partial charge in [0.15, 0.2) is 0 Å². The van der Waals surface area contributed by atoms with Gasteiger partial charge in [-0.1, -0.05) is 0 Å². The third kappa shape index (κ3) is 7.71. The van der Waals surface area contributed by atoms with Crippen molar-refractivity contribution in [3.05, 3.63) is 164 Å². The summed E-state index contributed by atoms with van der Waals surface area (Å²) in [6.07, 6.45) is 11.9. The van der Waals surface area contributed by atoms with Crippen molar-refractivity contribution in [2.45, 2.75) is 129 Å². The Bertz CT molecular complexity index is 2580. The summed E-state index contributed by atoms with van der Waals surface area (Å²) in [5.74, 6) is 2.48. The van der Waals surface area contributed by atoms with E-state index in [9.17, 15) is 0 Å². The van der Waals surface area contributed by atoms with Gasteiger partial charge in [0.1, 0.15) is 0 Å². The number of hydrogen-bond acceptors (Lipinski definition) is 2. The monoisotopic (exact) mass is 951 g/mol. The SMILES string of the molecule is Cc1ccc(C2=Cc3c(cc4c(c3-c3ccc(C(C)(C)C)cc3)CCC4)C2C[SiH](CC2C(c3ccc(C)o3)=Cc3c2cc2c(c3-c3ccc(C(C)(C)C)cc3)CCC2)[Zr]([Cl])[Cl])o1. The maximum absolute atomic E-state index is 7.53. The molecule has 0 saturated carbocycles. The summed E-state index contributed by atoms with van der Waals surface area (Å²) in [5, 5.41) is 0. The van der Waals surface area contributed by atoms with Crippen LogP contribution in [0.1, 0.15) is 145 Å². The first-order valence-corrected chi connectivity index (χ1v) is 35.8. The zero-order valence-corrected chi connectivity index (χ0v) is 42.8. The quantitative estimate of drug-likeness (QED) is 0.135. The minimum atomic E-state index is -2.81. The van der Waals surface area contributed by atoms with Crippen LogP contribution in [0.4, 0.5) is 0 Å². The number of rotatable bonds is 9. The van der Waals surface area contributed by atoms with Gasteiger partial charge in [-0.15, -0.1) is 0 Å². The third-order valence-corrected chi connectivity index (χ3v) is 36.2. The van der Waals surface area contributed by atoms with Crippen LogP contribution in [-0.2, 0) is 55.0 Å². The van der Waals surface area contributed by atoms with E-state index in [1.54, 1.807) is 0 Å². The van der Waals surface area contributed by atoms with Crippen molar-refractivity contribution in [1.29, 1.82) is 0 Å². The van der Waals surface area contributed by atoms with Crippen molar-refractivity contribution in [3.63, 3.8) is 0 Å². The molecule has 0 amide bonds. The van der Waals surface area contributed by atoms with Crippen LogP contribution in [0.25, 0.3) is 45.6 Å². The zero-order valence-electron chi connectivity index (χ0n) is 37.7. The predicted molar refractivity (Wildman–Crippen MR) is 262 cm³/mol. The van der Waals surface area contributed by atoms with Crippen LogP contribution in [0.3, 0.4) is 0 Å². The third-order valence-electron chi connectivity index (χ3n) is 14.5. The van der Waals surface area contributed by atoms with Crippen molar-refractivity contribution in [2.24, 2.45) is 0 Å². The molecular formula is C56H59Cl2O2SiZr. The molecular weight excluding hydrogens is 895 g/mol. The second kappa shape index (κ2) is 16.2. The Kier molecular flexibility index (Phi) is 11.1. The number of fused-ring (bicyclic) bond motifs is 4. The molecule has 62 heavy (non-hydrogen) atoms. The molecule has 317 valence electrons. The molecule has 2 heterocycles. The molecule has 6 aromatic rings. The van der Waals surface area contributed by atoms with Gasteiger partial charge in [0.05, 0.1) is 0 Å². The van der Waals surface area contributed by atoms with Gasteiger partial charge in [-0.05, 0) is 0 Å². The van der Waals surface area contributed by atoms with Gasteiger partial charge >= 0.3 is 388 Å². The summed E-state index contributed by atoms with van der Waals surface area (Å²) in [7, 11) is 15.1. The number of allylic oxidation sites excluding steroid dienone is 2. The average molecular weight is 954 g/mol. The molecule has 2 unspecified atom stereocenters. The first-order valence-electron chi connectivity index (χ1n) is 23.0. The Labute approximate surface area is 385 Å². The molecule has 0 radical (unpaired) electrons. The molecule has 6 heteroatoms. The van der Waals surface area contributed by atoms with Crippen LogP contribution >= 0.6 is 17.0 Å². The van der Waals surface area contributed by atoms with E-state index >= 15 is 0 Å². The average Bonchev–Trinajstić information content (AvgIpc) is 4.10. The number of hydrogen-bond donors (Lipinski definition) is 0. The molecule has 0 aliphatic heterocycles. The second-order valence-electron chi connectivity index (χ2n) is 20.7. The Morgan fingerprint density at radius 2 is 0.968 bits per heavy atom. The standard InChI is InChI=1S/C56H59O2Si.2ClH.Zr/c1-33-15-25-51(57-33)45-29-47-43(27-37-11-9-13-41(37)53(47)35-17-21-39(22-18-35)55(3,4)5)49(45)31-59-32-50-44-28-38-12-10-14-42(38)54(36-19-23-40(24-20-36)56(6,7)8)48(44)30-46(50)52-26-16-34(2)58-52;;;/h15-30,49-50,59H,9-14,31-32H2,1-8H3;2*1H;/q;;;+2/p-2. The molecule has 2 aromatic heterocycles. The van der Waals surface area contributed by atoms with Crippen molar-refractivity contribution >= 4 is 46.2 Å². The Morgan fingerprint density at radius 1 is 0.565 bits per heavy atom. The maximum atomic E-state index is 7.53. The molecule has 10 rings (SSSR count). The van der Waals surface area contributed by atoms with Gasteiger partial charge in [0.25, 0.3) is 0 Å². The summed E-state index contributed by atoms with van der Waals surface area (Å²) in [5.41, 5.74) is 22.7. The first kappa shape index (κ1) is 42.5. The summed E-state index contributed by atoms with van der Waals surface area (Å²) in [6.45, 7) is 17.9. The molecule has 0 saturated heterocycles. The van der Waals surface area contributed by atoms with E-state index in [1.165, 1.54) is 102 Å². The Morgan fingerprint density at radius 3 is 1.31 bits per heavy atom. The van der Waals surface area contributed by atoms with Crippen molar-refractivity contribution < 1.29 is 27.4 Å². The second-order valence-corrected chi connectivity index (χ2v) is 44.2. The van der Waals surface area contributed by atoms with Gasteiger partial charge in [-0.2, -0.15) is 0 Å². The molecule has 0 fully saturated rings. The molecule has 0 bridgehead atoms. The van der Waals surface area contributed by atoms with Crippen LogP contribution in [0.5, 0.6) is 0 Å². The van der Waals surface area contributed by atoms with Gasteiger partial charge in [0, 0.05) is 0 Å². The van der Waals surface area contributed by atoms with Gasteiger partial charge < -0.3 is 0 Å². The predicted octanol–water partition coefficient (Wildman–Crippen LogP) is 16.0. The number of aryl methyl sites for hydroxylation is 4.